The van der Waals surface area contributed by atoms with E-state index in [1.807, 2.05) is 24.0 Å². The molecule has 0 aliphatic carbocycles. The first kappa shape index (κ1) is 12.5. The molecule has 96 valence electrons. The highest BCUT2D eigenvalue weighted by Crippen LogP contribution is 2.08. The zero-order chi connectivity index (χ0) is 13.0. The maximum absolute atomic E-state index is 4.50. The second-order valence-electron chi connectivity index (χ2n) is 4.11. The molecule has 0 saturated heterocycles. The average molecular weight is 245 g/mol. The van der Waals surface area contributed by atoms with Crippen molar-refractivity contribution in [1.29, 1.82) is 0 Å². The molecule has 0 fully saturated rings. The van der Waals surface area contributed by atoms with E-state index >= 15 is 0 Å². The molecule has 0 aromatic carbocycles. The molecular weight excluding hydrogens is 226 g/mol. The molecule has 5 heteroatoms. The van der Waals surface area contributed by atoms with Crippen LogP contribution < -0.4 is 5.32 Å². The fraction of sp³-hybridized carbons (Fsp3) is 0.462. The lowest BCUT2D eigenvalue weighted by Gasteiger charge is -2.05. The Balaban J connectivity index is 2.18. The topological polar surface area (TPSA) is 55.6 Å². The second-order valence-corrected chi connectivity index (χ2v) is 4.11. The van der Waals surface area contributed by atoms with Crippen LogP contribution in [0.1, 0.15) is 31.1 Å². The molecule has 2 rings (SSSR count). The molecule has 0 spiro atoms. The van der Waals surface area contributed by atoms with Crippen LogP contribution in [0.3, 0.4) is 0 Å². The van der Waals surface area contributed by atoms with Crippen molar-refractivity contribution in [3.63, 3.8) is 0 Å². The van der Waals surface area contributed by atoms with Gasteiger partial charge in [-0.1, -0.05) is 19.9 Å². The molecule has 18 heavy (non-hydrogen) atoms. The van der Waals surface area contributed by atoms with Crippen LogP contribution in [0, 0.1) is 0 Å². The van der Waals surface area contributed by atoms with Crippen molar-refractivity contribution in [3.05, 3.63) is 35.5 Å². The van der Waals surface area contributed by atoms with Crippen LogP contribution >= 0.6 is 0 Å². The van der Waals surface area contributed by atoms with Crippen molar-refractivity contribution in [3.8, 4) is 0 Å². The van der Waals surface area contributed by atoms with Crippen LogP contribution in [-0.4, -0.2) is 26.8 Å². The number of rotatable bonds is 5. The van der Waals surface area contributed by atoms with E-state index in [-0.39, 0.29) is 0 Å². The van der Waals surface area contributed by atoms with Crippen LogP contribution in [-0.2, 0) is 19.4 Å². The third-order valence-corrected chi connectivity index (χ3v) is 2.84. The van der Waals surface area contributed by atoms with Gasteiger partial charge in [-0.2, -0.15) is 5.10 Å². The zero-order valence-electron chi connectivity index (χ0n) is 11.1. The lowest BCUT2D eigenvalue weighted by molar-refractivity contribution is 0.636. The summed E-state index contributed by atoms with van der Waals surface area (Å²) < 4.78 is 1.97. The highest BCUT2D eigenvalue weighted by molar-refractivity contribution is 5.34. The van der Waals surface area contributed by atoms with E-state index in [9.17, 15) is 0 Å². The van der Waals surface area contributed by atoms with E-state index in [1.54, 1.807) is 0 Å². The SMILES string of the molecule is CCc1nc(CC)n(Cc2ccc(NC)nc2)n1. The molecule has 0 unspecified atom stereocenters. The van der Waals surface area contributed by atoms with Crippen molar-refractivity contribution >= 4 is 5.82 Å². The maximum atomic E-state index is 4.50. The lowest BCUT2D eigenvalue weighted by Crippen LogP contribution is -2.07. The Hall–Kier alpha value is -1.91. The Morgan fingerprint density at radius 3 is 2.61 bits per heavy atom. The average Bonchev–Trinajstić information content (AvgIpc) is 2.82. The maximum Gasteiger partial charge on any atom is 0.150 e. The Morgan fingerprint density at radius 1 is 1.22 bits per heavy atom. The summed E-state index contributed by atoms with van der Waals surface area (Å²) in [6.07, 6.45) is 3.64. The van der Waals surface area contributed by atoms with Gasteiger partial charge in [-0.15, -0.1) is 0 Å². The molecule has 2 aromatic rings. The molecule has 0 bridgehead atoms. The van der Waals surface area contributed by atoms with Gasteiger partial charge in [0, 0.05) is 26.1 Å². The normalized spacial score (nSPS) is 10.6. The van der Waals surface area contributed by atoms with Gasteiger partial charge in [0.1, 0.15) is 11.6 Å². The van der Waals surface area contributed by atoms with E-state index in [0.717, 1.165) is 42.4 Å². The fourth-order valence-electron chi connectivity index (χ4n) is 1.80. The molecule has 2 heterocycles. The van der Waals surface area contributed by atoms with E-state index in [2.05, 4.69) is 40.3 Å². The summed E-state index contributed by atoms with van der Waals surface area (Å²) in [4.78, 5) is 8.80. The van der Waals surface area contributed by atoms with Crippen LogP contribution in [0.25, 0.3) is 0 Å². The number of hydrogen-bond acceptors (Lipinski definition) is 4. The number of pyridine rings is 1. The number of nitrogens with zero attached hydrogens (tertiary/aromatic N) is 4. The number of aryl methyl sites for hydroxylation is 2. The molecular formula is C13H19N5. The summed E-state index contributed by atoms with van der Waals surface area (Å²) in [7, 11) is 1.86. The third kappa shape index (κ3) is 2.67. The van der Waals surface area contributed by atoms with Gasteiger partial charge in [0.2, 0.25) is 0 Å². The molecule has 0 atom stereocenters. The monoisotopic (exact) mass is 245 g/mol. The number of aromatic nitrogens is 4. The van der Waals surface area contributed by atoms with Crippen LogP contribution in [0.5, 0.6) is 0 Å². The van der Waals surface area contributed by atoms with Gasteiger partial charge < -0.3 is 5.32 Å². The van der Waals surface area contributed by atoms with Gasteiger partial charge >= 0.3 is 0 Å². The van der Waals surface area contributed by atoms with E-state index in [0.29, 0.717) is 0 Å². The largest absolute Gasteiger partial charge is 0.373 e. The minimum atomic E-state index is 0.729. The summed E-state index contributed by atoms with van der Waals surface area (Å²) in [6, 6.07) is 4.03. The predicted molar refractivity (Wildman–Crippen MR) is 71.7 cm³/mol. The van der Waals surface area contributed by atoms with Gasteiger partial charge in [-0.3, -0.25) is 0 Å². The van der Waals surface area contributed by atoms with Gasteiger partial charge in [0.25, 0.3) is 0 Å². The first-order valence-corrected chi connectivity index (χ1v) is 6.32. The minimum Gasteiger partial charge on any atom is -0.373 e. The Kier molecular flexibility index (Phi) is 3.92. The van der Waals surface area contributed by atoms with E-state index in [1.165, 1.54) is 0 Å². The standard InChI is InChI=1S/C13H19N5/c1-4-11-16-13(5-2)18(17-11)9-10-6-7-12(14-3)15-8-10/h6-8H,4-5,9H2,1-3H3,(H,14,15). The van der Waals surface area contributed by atoms with Crippen molar-refractivity contribution in [2.75, 3.05) is 12.4 Å². The molecule has 0 radical (unpaired) electrons. The Labute approximate surface area is 107 Å². The Morgan fingerprint density at radius 2 is 2.06 bits per heavy atom. The third-order valence-electron chi connectivity index (χ3n) is 2.84. The molecule has 2 aromatic heterocycles. The quantitative estimate of drug-likeness (QED) is 0.874. The molecule has 5 nitrogen and oxygen atoms in total. The first-order chi connectivity index (χ1) is 8.76. The number of anilines is 1. The van der Waals surface area contributed by atoms with Gasteiger partial charge in [0.05, 0.1) is 6.54 Å². The smallest absolute Gasteiger partial charge is 0.150 e. The van der Waals surface area contributed by atoms with Crippen molar-refractivity contribution in [1.82, 2.24) is 19.7 Å². The fourth-order valence-corrected chi connectivity index (χ4v) is 1.80. The first-order valence-electron chi connectivity index (χ1n) is 6.32. The molecule has 0 aliphatic rings. The van der Waals surface area contributed by atoms with Gasteiger partial charge in [-0.25, -0.2) is 14.6 Å². The molecule has 0 aliphatic heterocycles. The number of nitrogens with one attached hydrogen (secondary N) is 1. The van der Waals surface area contributed by atoms with Gasteiger partial charge in [0.15, 0.2) is 5.82 Å². The summed E-state index contributed by atoms with van der Waals surface area (Å²) in [5.41, 5.74) is 1.14. The van der Waals surface area contributed by atoms with Crippen LogP contribution in [0.2, 0.25) is 0 Å². The molecule has 0 amide bonds. The molecule has 0 saturated carbocycles. The summed E-state index contributed by atoms with van der Waals surface area (Å²) in [6.45, 7) is 4.90. The second kappa shape index (κ2) is 5.62. The highest BCUT2D eigenvalue weighted by Gasteiger charge is 2.07. The van der Waals surface area contributed by atoms with E-state index in [4.69, 9.17) is 0 Å². The minimum absolute atomic E-state index is 0.729. The summed E-state index contributed by atoms with van der Waals surface area (Å²) >= 11 is 0. The van der Waals surface area contributed by atoms with Gasteiger partial charge in [-0.05, 0) is 11.6 Å². The summed E-state index contributed by atoms with van der Waals surface area (Å²) in [5.74, 6) is 2.82. The van der Waals surface area contributed by atoms with Crippen molar-refractivity contribution < 1.29 is 0 Å². The zero-order valence-corrected chi connectivity index (χ0v) is 11.1. The van der Waals surface area contributed by atoms with Crippen molar-refractivity contribution in [2.24, 2.45) is 0 Å². The Bertz CT molecular complexity index is 501. The summed E-state index contributed by atoms with van der Waals surface area (Å²) in [5, 5.41) is 7.51. The molecule has 1 N–H and O–H groups in total. The van der Waals surface area contributed by atoms with Crippen LogP contribution in [0.4, 0.5) is 5.82 Å². The van der Waals surface area contributed by atoms with Crippen LogP contribution in [0.15, 0.2) is 18.3 Å². The lowest BCUT2D eigenvalue weighted by atomic mass is 10.3. The highest BCUT2D eigenvalue weighted by atomic mass is 15.3. The van der Waals surface area contributed by atoms with E-state index < -0.39 is 0 Å². The predicted octanol–water partition coefficient (Wildman–Crippen LogP) is 1.89. The van der Waals surface area contributed by atoms with Crippen molar-refractivity contribution in [2.45, 2.75) is 33.2 Å². The number of hydrogen-bond donors (Lipinski definition) is 1.